The van der Waals surface area contributed by atoms with Gasteiger partial charge < -0.3 is 68.5 Å². The zero-order chi connectivity index (χ0) is 64.3. The highest BCUT2D eigenvalue weighted by Gasteiger charge is 2.48. The number of amides is 4. The van der Waals surface area contributed by atoms with Crippen LogP contribution in [0.5, 0.6) is 0 Å². The van der Waals surface area contributed by atoms with Gasteiger partial charge in [-0.3, -0.25) is 28.8 Å². The minimum Gasteiger partial charge on any atom is -0.393 e. The summed E-state index contributed by atoms with van der Waals surface area (Å²) in [6.45, 7) is 4.54. The summed E-state index contributed by atoms with van der Waals surface area (Å²) in [5, 5.41) is 24.2. The van der Waals surface area contributed by atoms with E-state index in [4.69, 9.17) is 44.3 Å². The molecule has 4 unspecified atom stereocenters. The topological polar surface area (TPSA) is 247 Å². The van der Waals surface area contributed by atoms with Gasteiger partial charge in [0.05, 0.1) is 13.2 Å². The van der Waals surface area contributed by atoms with Gasteiger partial charge in [-0.2, -0.15) is 0 Å². The van der Waals surface area contributed by atoms with Crippen LogP contribution < -0.4 is 10.6 Å². The first-order valence-electron chi connectivity index (χ1n) is 30.2. The molecule has 4 amide bonds. The summed E-state index contributed by atoms with van der Waals surface area (Å²) in [6, 6.07) is 28.5. The summed E-state index contributed by atoms with van der Waals surface area (Å²) in [4.78, 5) is 80.2. The van der Waals surface area contributed by atoms with Crippen molar-refractivity contribution in [1.29, 1.82) is 0 Å². The van der Waals surface area contributed by atoms with E-state index in [2.05, 4.69) is 51.0 Å². The van der Waals surface area contributed by atoms with E-state index in [-0.39, 0.29) is 45.1 Å². The van der Waals surface area contributed by atoms with Gasteiger partial charge in [0.25, 0.3) is 23.6 Å². The Morgan fingerprint density at radius 2 is 0.865 bits per heavy atom. The van der Waals surface area contributed by atoms with E-state index >= 15 is 0 Å². The lowest BCUT2D eigenvalue weighted by Crippen LogP contribution is -2.62. The molecule has 89 heavy (non-hydrogen) atoms. The van der Waals surface area contributed by atoms with Gasteiger partial charge in [-0.05, 0) is 197 Å². The molecule has 4 aliphatic heterocycles. The van der Waals surface area contributed by atoms with Crippen LogP contribution in [0.15, 0.2) is 97.1 Å². The van der Waals surface area contributed by atoms with E-state index < -0.39 is 65.0 Å². The minimum atomic E-state index is -1.78. The number of benzene rings is 4. The largest absolute Gasteiger partial charge is 0.393 e. The molecule has 4 aromatic carbocycles. The van der Waals surface area contributed by atoms with E-state index in [9.17, 15) is 39.0 Å². The second-order valence-electron chi connectivity index (χ2n) is 22.0. The first kappa shape index (κ1) is 71.6. The van der Waals surface area contributed by atoms with E-state index in [0.717, 1.165) is 102 Å². The Kier molecular flexibility index (Phi) is 29.3. The SMILES string of the molecule is C#Cc1ccc([C@@H](CO)OC2CCCCO2)cc1.CNC(=O)[C@@](C)(C(=O)COC1CCCCO1)N(C)C(=O)c1ccc(C#Cc2ccc([C@@H](CO)OC3CCCCO3)cc2)cc1.CNC(=O)[C@@](C)(C(=O)COC1CCCCO1)N(C)C(=O)c1ccc(I)cc1. The predicted molar refractivity (Wildman–Crippen MR) is 340 cm³/mol. The van der Waals surface area contributed by atoms with Crippen LogP contribution >= 0.6 is 22.6 Å². The Morgan fingerprint density at radius 3 is 1.18 bits per heavy atom. The van der Waals surface area contributed by atoms with E-state index in [1.807, 2.05) is 48.5 Å². The molecule has 4 aromatic rings. The van der Waals surface area contributed by atoms with Crippen LogP contribution in [0.25, 0.3) is 0 Å². The van der Waals surface area contributed by atoms with Crippen molar-refractivity contribution in [3.05, 3.63) is 140 Å². The van der Waals surface area contributed by atoms with Gasteiger partial charge in [0.1, 0.15) is 25.4 Å². The number of Topliss-reactive ketones (excluding diaryl/α,β-unsaturated/α-hetero) is 2. The summed E-state index contributed by atoms with van der Waals surface area (Å²) in [7, 11) is 5.73. The molecular formula is C68H85IN4O16. The quantitative estimate of drug-likeness (QED) is 0.0336. The molecule has 8 atom stereocenters. The Labute approximate surface area is 536 Å². The number of aliphatic hydroxyl groups is 2. The second-order valence-corrected chi connectivity index (χ2v) is 23.3. The summed E-state index contributed by atoms with van der Waals surface area (Å²) < 4.78 is 46.0. The first-order valence-corrected chi connectivity index (χ1v) is 31.3. The van der Waals surface area contributed by atoms with Crippen molar-refractivity contribution in [2.45, 2.75) is 139 Å². The molecule has 480 valence electrons. The highest BCUT2D eigenvalue weighted by atomic mass is 127. The van der Waals surface area contributed by atoms with Crippen molar-refractivity contribution in [3.8, 4) is 24.2 Å². The van der Waals surface area contributed by atoms with Gasteiger partial charge in [0.2, 0.25) is 0 Å². The molecule has 21 heteroatoms. The normalized spacial score (nSPS) is 20.1. The molecule has 4 fully saturated rings. The average molecular weight is 1340 g/mol. The maximum absolute atomic E-state index is 13.4. The van der Waals surface area contributed by atoms with Crippen LogP contribution in [-0.4, -0.2) is 172 Å². The average Bonchev–Trinajstić information content (AvgIpc) is 1.70. The Hall–Kier alpha value is -6.45. The lowest BCUT2D eigenvalue weighted by atomic mass is 9.92. The molecule has 0 radical (unpaired) electrons. The third-order valence-corrected chi connectivity index (χ3v) is 16.7. The van der Waals surface area contributed by atoms with Crippen LogP contribution in [0.1, 0.15) is 152 Å². The fourth-order valence-corrected chi connectivity index (χ4v) is 10.3. The van der Waals surface area contributed by atoms with Crippen LogP contribution in [-0.2, 0) is 57.1 Å². The van der Waals surface area contributed by atoms with Crippen molar-refractivity contribution in [2.24, 2.45) is 0 Å². The van der Waals surface area contributed by atoms with Crippen molar-refractivity contribution >= 4 is 57.8 Å². The first-order chi connectivity index (χ1) is 42.9. The third kappa shape index (κ3) is 20.5. The Morgan fingerprint density at radius 1 is 0.539 bits per heavy atom. The van der Waals surface area contributed by atoms with Gasteiger partial charge in [-0.1, -0.05) is 42.0 Å². The molecule has 8 rings (SSSR count). The molecular weight excluding hydrogens is 1260 g/mol. The van der Waals surface area contributed by atoms with Crippen molar-refractivity contribution < 1.29 is 76.9 Å². The third-order valence-electron chi connectivity index (χ3n) is 16.0. The fourth-order valence-electron chi connectivity index (χ4n) is 9.98. The number of nitrogens with one attached hydrogen (secondary N) is 2. The van der Waals surface area contributed by atoms with Gasteiger partial charge in [0.15, 0.2) is 47.8 Å². The molecule has 0 spiro atoms. The number of hydrogen-bond acceptors (Lipinski definition) is 16. The Balaban J connectivity index is 0.000000237. The number of hydrogen-bond donors (Lipinski definition) is 4. The zero-order valence-electron chi connectivity index (χ0n) is 51.8. The number of halogens is 1. The predicted octanol–water partition coefficient (Wildman–Crippen LogP) is 7.58. The minimum absolute atomic E-state index is 0.0603. The van der Waals surface area contributed by atoms with Gasteiger partial charge >= 0.3 is 0 Å². The van der Waals surface area contributed by atoms with Crippen LogP contribution in [0.3, 0.4) is 0 Å². The maximum Gasteiger partial charge on any atom is 0.254 e. The summed E-state index contributed by atoms with van der Waals surface area (Å²) in [5.41, 5.74) is 1.28. The van der Waals surface area contributed by atoms with Crippen LogP contribution in [0.2, 0.25) is 0 Å². The van der Waals surface area contributed by atoms with Crippen molar-refractivity contribution in [3.63, 3.8) is 0 Å². The molecule has 20 nitrogen and oxygen atoms in total. The number of ether oxygens (including phenoxy) is 8. The number of terminal acetylenes is 1. The number of nitrogens with zero attached hydrogens (tertiary/aromatic N) is 2. The lowest BCUT2D eigenvalue weighted by Gasteiger charge is -2.36. The number of carbonyl (C=O) groups is 6. The molecule has 4 aliphatic rings. The van der Waals surface area contributed by atoms with Gasteiger partial charge in [-0.15, -0.1) is 6.42 Å². The molecule has 4 saturated heterocycles. The van der Waals surface area contributed by atoms with Crippen molar-refractivity contribution in [1.82, 2.24) is 20.4 Å². The smallest absolute Gasteiger partial charge is 0.254 e. The highest BCUT2D eigenvalue weighted by molar-refractivity contribution is 14.1. The lowest BCUT2D eigenvalue weighted by molar-refractivity contribution is -0.196. The molecule has 4 N–H and O–H groups in total. The van der Waals surface area contributed by atoms with Crippen LogP contribution in [0, 0.1) is 27.8 Å². The van der Waals surface area contributed by atoms with Gasteiger partial charge in [-0.25, -0.2) is 0 Å². The fraction of sp³-hybridized carbons (Fsp3) is 0.500. The number of aliphatic hydroxyl groups excluding tert-OH is 2. The van der Waals surface area contributed by atoms with E-state index in [1.54, 1.807) is 48.5 Å². The van der Waals surface area contributed by atoms with Gasteiger partial charge in [0, 0.05) is 86.0 Å². The van der Waals surface area contributed by atoms with E-state index in [0.29, 0.717) is 49.4 Å². The van der Waals surface area contributed by atoms with Crippen LogP contribution in [0.4, 0.5) is 0 Å². The highest BCUT2D eigenvalue weighted by Crippen LogP contribution is 2.28. The Bertz CT molecular complexity index is 3020. The molecule has 0 saturated carbocycles. The number of rotatable bonds is 22. The maximum atomic E-state index is 13.4. The summed E-state index contributed by atoms with van der Waals surface area (Å²) in [6.07, 6.45) is 14.2. The monoisotopic (exact) mass is 1340 g/mol. The van der Waals surface area contributed by atoms with E-state index in [1.165, 1.54) is 46.9 Å². The number of ketones is 2. The molecule has 0 aromatic heterocycles. The second kappa shape index (κ2) is 36.4. The molecule has 0 aliphatic carbocycles. The summed E-state index contributed by atoms with van der Waals surface area (Å²) >= 11 is 2.14. The van der Waals surface area contributed by atoms with Crippen molar-refractivity contribution in [2.75, 3.05) is 81.0 Å². The number of carbonyl (C=O) groups excluding carboxylic acids is 6. The zero-order valence-corrected chi connectivity index (χ0v) is 54.0. The number of likely N-dealkylation sites (N-methyl/N-ethyl adjacent to an activating group) is 4. The standard InChI is InChI=1S/C34H42N2O8.C19H25IN2O5.C15H18O3/c1-34(33(40)35-2,29(38)23-43-30-8-4-6-20-41-30)36(3)32(39)27-18-14-25(15-19-27)11-10-24-12-16-26(17-13-24)28(22-37)44-31-9-5-7-21-42-31;1-19(18(25)21-2,15(23)12-27-16-6-4-5-11-26-16)22(3)17(24)13-7-9-14(20)10-8-13;1-2-12-6-8-13(9-7-12)14(11-16)18-15-5-3-4-10-17-15/h12-19,28,30-31,37H,4-9,20-23H2,1-3H3,(H,35,40);7-10,16H,4-6,11-12H2,1-3H3,(H,21,25);1,6-9,14-16H,3-5,10-11H2/t28-,30?,31?,34-;16?,19-;14-,15?/m111/s1. The molecule has 0 bridgehead atoms. The summed E-state index contributed by atoms with van der Waals surface area (Å²) in [5.74, 6) is 5.62. The molecule has 4 heterocycles.